The largest absolute Gasteiger partial charge is 0.493 e. The van der Waals surface area contributed by atoms with E-state index in [1.165, 1.54) is 0 Å². The van der Waals surface area contributed by atoms with Gasteiger partial charge < -0.3 is 20.1 Å². The number of carbonyl (C=O) groups is 1. The quantitative estimate of drug-likeness (QED) is 0.678. The molecule has 0 saturated carbocycles. The van der Waals surface area contributed by atoms with Gasteiger partial charge in [0.05, 0.1) is 6.61 Å². The van der Waals surface area contributed by atoms with Crippen LogP contribution in [0, 0.1) is 0 Å². The monoisotopic (exact) mass is 302 g/mol. The van der Waals surface area contributed by atoms with Gasteiger partial charge in [-0.05, 0) is 25.2 Å². The Bertz CT molecular complexity index is 388. The van der Waals surface area contributed by atoms with Crippen molar-refractivity contribution in [2.24, 2.45) is 0 Å². The Hall–Kier alpha value is -1.30. The normalized spacial score (nSPS) is 9.70. The van der Waals surface area contributed by atoms with Gasteiger partial charge >= 0.3 is 0 Å². The fraction of sp³-hybridized carbons (Fsp3) is 0.500. The highest BCUT2D eigenvalue weighted by molar-refractivity contribution is 5.94. The van der Waals surface area contributed by atoms with Crippen LogP contribution in [0.3, 0.4) is 0 Å². The third-order valence-corrected chi connectivity index (χ3v) is 2.52. The van der Waals surface area contributed by atoms with E-state index in [4.69, 9.17) is 9.47 Å². The molecule has 0 atom stereocenters. The molecule has 1 rings (SSSR count). The smallest absolute Gasteiger partial charge is 0.251 e. The second-order valence-corrected chi connectivity index (χ2v) is 4.08. The topological polar surface area (TPSA) is 59.6 Å². The van der Waals surface area contributed by atoms with E-state index in [2.05, 4.69) is 10.6 Å². The van der Waals surface area contributed by atoms with Gasteiger partial charge in [-0.2, -0.15) is 0 Å². The summed E-state index contributed by atoms with van der Waals surface area (Å²) in [7, 11) is 3.51. The van der Waals surface area contributed by atoms with E-state index >= 15 is 0 Å². The van der Waals surface area contributed by atoms with Crippen LogP contribution >= 0.6 is 12.4 Å². The predicted molar refractivity (Wildman–Crippen MR) is 81.9 cm³/mol. The molecule has 20 heavy (non-hydrogen) atoms. The maximum atomic E-state index is 11.8. The Kier molecular flexibility index (Phi) is 10.8. The van der Waals surface area contributed by atoms with Gasteiger partial charge in [0.1, 0.15) is 5.75 Å². The number of rotatable bonds is 9. The average molecular weight is 303 g/mol. The highest BCUT2D eigenvalue weighted by Crippen LogP contribution is 2.13. The van der Waals surface area contributed by atoms with Gasteiger partial charge in [-0.15, -0.1) is 12.4 Å². The van der Waals surface area contributed by atoms with Crippen molar-refractivity contribution in [3.05, 3.63) is 29.8 Å². The van der Waals surface area contributed by atoms with E-state index < -0.39 is 0 Å². The zero-order valence-corrected chi connectivity index (χ0v) is 12.8. The van der Waals surface area contributed by atoms with Crippen LogP contribution in [0.15, 0.2) is 24.3 Å². The molecule has 0 unspecified atom stereocenters. The van der Waals surface area contributed by atoms with Crippen LogP contribution in [0.1, 0.15) is 16.8 Å². The molecule has 0 fully saturated rings. The number of hydrogen-bond donors (Lipinski definition) is 2. The third kappa shape index (κ3) is 7.33. The molecule has 2 N–H and O–H groups in total. The summed E-state index contributed by atoms with van der Waals surface area (Å²) in [6, 6.07) is 7.19. The summed E-state index contributed by atoms with van der Waals surface area (Å²) in [5, 5.41) is 5.80. The Morgan fingerprint density at radius 2 is 2.05 bits per heavy atom. The zero-order valence-electron chi connectivity index (χ0n) is 12.0. The second-order valence-electron chi connectivity index (χ2n) is 4.08. The Balaban J connectivity index is 0.00000361. The SMILES string of the molecule is CNCCNC(=O)c1cccc(OCCCOC)c1.Cl. The Morgan fingerprint density at radius 3 is 2.75 bits per heavy atom. The number of benzene rings is 1. The highest BCUT2D eigenvalue weighted by Gasteiger charge is 2.05. The molecular formula is C14H23ClN2O3. The number of carbonyl (C=O) groups excluding carboxylic acids is 1. The molecular weight excluding hydrogens is 280 g/mol. The number of halogens is 1. The molecule has 114 valence electrons. The van der Waals surface area contributed by atoms with Crippen LogP contribution in [-0.2, 0) is 4.74 Å². The van der Waals surface area contributed by atoms with Gasteiger partial charge in [-0.3, -0.25) is 4.79 Å². The van der Waals surface area contributed by atoms with Crippen molar-refractivity contribution in [3.63, 3.8) is 0 Å². The summed E-state index contributed by atoms with van der Waals surface area (Å²) < 4.78 is 10.5. The molecule has 1 amide bonds. The predicted octanol–water partition coefficient (Wildman–Crippen LogP) is 1.47. The third-order valence-electron chi connectivity index (χ3n) is 2.52. The zero-order chi connectivity index (χ0) is 13.9. The minimum absolute atomic E-state index is 0. The molecule has 0 aromatic heterocycles. The first-order valence-corrected chi connectivity index (χ1v) is 6.42. The molecule has 0 aliphatic carbocycles. The first kappa shape index (κ1) is 18.7. The van der Waals surface area contributed by atoms with Crippen molar-refractivity contribution in [1.82, 2.24) is 10.6 Å². The summed E-state index contributed by atoms with van der Waals surface area (Å²) >= 11 is 0. The summed E-state index contributed by atoms with van der Waals surface area (Å²) in [6.07, 6.45) is 0.828. The van der Waals surface area contributed by atoms with Crippen LogP contribution in [0.25, 0.3) is 0 Å². The van der Waals surface area contributed by atoms with Crippen molar-refractivity contribution in [2.75, 3.05) is 40.5 Å². The molecule has 0 saturated heterocycles. The fourth-order valence-corrected chi connectivity index (χ4v) is 1.52. The fourth-order valence-electron chi connectivity index (χ4n) is 1.52. The van der Waals surface area contributed by atoms with Gasteiger partial charge in [0.25, 0.3) is 5.91 Å². The van der Waals surface area contributed by atoms with E-state index in [1.54, 1.807) is 19.2 Å². The first-order chi connectivity index (χ1) is 9.27. The summed E-state index contributed by atoms with van der Waals surface area (Å²) in [5.74, 6) is 0.620. The molecule has 0 aliphatic rings. The van der Waals surface area contributed by atoms with Gasteiger partial charge in [-0.1, -0.05) is 6.07 Å². The Morgan fingerprint density at radius 1 is 1.25 bits per heavy atom. The molecule has 1 aromatic rings. The van der Waals surface area contributed by atoms with Crippen LogP contribution < -0.4 is 15.4 Å². The number of ether oxygens (including phenoxy) is 2. The van der Waals surface area contributed by atoms with E-state index in [-0.39, 0.29) is 18.3 Å². The van der Waals surface area contributed by atoms with E-state index in [9.17, 15) is 4.79 Å². The second kappa shape index (κ2) is 11.5. The van der Waals surface area contributed by atoms with Crippen molar-refractivity contribution < 1.29 is 14.3 Å². The Labute approximate surface area is 126 Å². The minimum atomic E-state index is -0.0856. The molecule has 0 spiro atoms. The summed E-state index contributed by atoms with van der Waals surface area (Å²) in [6.45, 7) is 2.61. The van der Waals surface area contributed by atoms with E-state index in [1.807, 2.05) is 19.2 Å². The number of amides is 1. The van der Waals surface area contributed by atoms with Crippen molar-refractivity contribution in [1.29, 1.82) is 0 Å². The number of likely N-dealkylation sites (N-methyl/N-ethyl adjacent to an activating group) is 1. The molecule has 5 nitrogen and oxygen atoms in total. The lowest BCUT2D eigenvalue weighted by Gasteiger charge is -2.08. The standard InChI is InChI=1S/C14H22N2O3.ClH/c1-15-7-8-16-14(17)12-5-3-6-13(11-12)19-10-4-9-18-2;/h3,5-6,11,15H,4,7-10H2,1-2H3,(H,16,17);1H. The van der Waals surface area contributed by atoms with Gasteiger partial charge in [-0.25, -0.2) is 0 Å². The lowest BCUT2D eigenvalue weighted by molar-refractivity contribution is 0.0953. The van der Waals surface area contributed by atoms with Crippen molar-refractivity contribution in [3.8, 4) is 5.75 Å². The van der Waals surface area contributed by atoms with Crippen LogP contribution in [-0.4, -0.2) is 46.4 Å². The minimum Gasteiger partial charge on any atom is -0.493 e. The number of hydrogen-bond acceptors (Lipinski definition) is 4. The van der Waals surface area contributed by atoms with Crippen LogP contribution in [0.5, 0.6) is 5.75 Å². The molecule has 0 heterocycles. The lowest BCUT2D eigenvalue weighted by Crippen LogP contribution is -2.30. The molecule has 1 aromatic carbocycles. The molecule has 6 heteroatoms. The van der Waals surface area contributed by atoms with Gasteiger partial charge in [0.2, 0.25) is 0 Å². The van der Waals surface area contributed by atoms with Crippen LogP contribution in [0.4, 0.5) is 0 Å². The van der Waals surface area contributed by atoms with E-state index in [0.29, 0.717) is 31.1 Å². The first-order valence-electron chi connectivity index (χ1n) is 6.42. The molecule has 0 radical (unpaired) electrons. The average Bonchev–Trinajstić information content (AvgIpc) is 2.44. The summed E-state index contributed by atoms with van der Waals surface area (Å²) in [4.78, 5) is 11.8. The highest BCUT2D eigenvalue weighted by atomic mass is 35.5. The number of methoxy groups -OCH3 is 1. The lowest BCUT2D eigenvalue weighted by atomic mass is 10.2. The summed E-state index contributed by atoms with van der Waals surface area (Å²) in [5.41, 5.74) is 0.611. The van der Waals surface area contributed by atoms with Crippen molar-refractivity contribution in [2.45, 2.75) is 6.42 Å². The maximum absolute atomic E-state index is 11.8. The molecule has 0 bridgehead atoms. The van der Waals surface area contributed by atoms with Crippen LogP contribution in [0.2, 0.25) is 0 Å². The maximum Gasteiger partial charge on any atom is 0.251 e. The number of nitrogens with one attached hydrogen (secondary N) is 2. The van der Waals surface area contributed by atoms with Gasteiger partial charge in [0.15, 0.2) is 0 Å². The van der Waals surface area contributed by atoms with E-state index in [0.717, 1.165) is 13.0 Å². The van der Waals surface area contributed by atoms with Crippen molar-refractivity contribution >= 4 is 18.3 Å². The molecule has 0 aliphatic heterocycles. The van der Waals surface area contributed by atoms with Gasteiger partial charge in [0, 0.05) is 38.8 Å².